The van der Waals surface area contributed by atoms with E-state index in [4.69, 9.17) is 0 Å². The van der Waals surface area contributed by atoms with Gasteiger partial charge in [0.2, 0.25) is 0 Å². The number of nitrogens with one attached hydrogen (secondary N) is 1. The zero-order chi connectivity index (χ0) is 22.5. The van der Waals surface area contributed by atoms with Crippen LogP contribution in [0.1, 0.15) is 27.7 Å². The third kappa shape index (κ3) is 4.94. The van der Waals surface area contributed by atoms with Gasteiger partial charge in [-0.05, 0) is 23.3 Å². The second-order valence-electron chi connectivity index (χ2n) is 7.93. The Morgan fingerprint density at radius 1 is 0.848 bits per heavy atom. The van der Waals surface area contributed by atoms with Crippen LogP contribution in [-0.4, -0.2) is 51.9 Å². The average molecular weight is 456 g/mol. The summed E-state index contributed by atoms with van der Waals surface area (Å²) in [5.74, 6) is 0.697. The lowest BCUT2D eigenvalue weighted by atomic mass is 9.96. The zero-order valence-corrected chi connectivity index (χ0v) is 19.0. The summed E-state index contributed by atoms with van der Waals surface area (Å²) in [7, 11) is 0. The zero-order valence-electron chi connectivity index (χ0n) is 18.2. The smallest absolute Gasteiger partial charge is 0.273 e. The Morgan fingerprint density at radius 2 is 1.48 bits per heavy atom. The van der Waals surface area contributed by atoms with Crippen LogP contribution in [0.25, 0.3) is 0 Å². The molecule has 1 fully saturated rings. The molecule has 2 aromatic carbocycles. The molecule has 6 nitrogen and oxygen atoms in total. The molecular formula is C26H25N5OS. The summed E-state index contributed by atoms with van der Waals surface area (Å²) in [6.07, 6.45) is 1.72. The normalized spacial score (nSPS) is 14.4. The largest absolute Gasteiger partial charge is 0.335 e. The van der Waals surface area contributed by atoms with E-state index in [0.717, 1.165) is 13.1 Å². The maximum atomic E-state index is 13.1. The first kappa shape index (κ1) is 21.3. The molecule has 4 aromatic rings. The highest BCUT2D eigenvalue weighted by atomic mass is 32.1. The highest BCUT2D eigenvalue weighted by molar-refractivity contribution is 7.14. The van der Waals surface area contributed by atoms with Gasteiger partial charge < -0.3 is 10.2 Å². The average Bonchev–Trinajstić information content (AvgIpc) is 3.35. The monoisotopic (exact) mass is 455 g/mol. The van der Waals surface area contributed by atoms with Crippen molar-refractivity contribution < 1.29 is 4.79 Å². The standard InChI is InChI=1S/C26H25N5OS/c32-25(22-19-33-26(28-22)29-23-13-7-8-14-27-23)31-17-15-30(16-18-31)24(20-9-3-1-4-10-20)21-11-5-2-6-12-21/h1-14,19,24H,15-18H2,(H,27,28,29). The van der Waals surface area contributed by atoms with Crippen LogP contribution in [0.4, 0.5) is 10.9 Å². The van der Waals surface area contributed by atoms with Crippen molar-refractivity contribution in [3.63, 3.8) is 0 Å². The van der Waals surface area contributed by atoms with Crippen LogP contribution in [0.15, 0.2) is 90.4 Å². The minimum atomic E-state index is -0.0176. The quantitative estimate of drug-likeness (QED) is 0.451. The van der Waals surface area contributed by atoms with Crippen LogP contribution >= 0.6 is 11.3 Å². The number of rotatable bonds is 6. The summed E-state index contributed by atoms with van der Waals surface area (Å²) in [5, 5.41) is 5.64. The van der Waals surface area contributed by atoms with E-state index in [0.29, 0.717) is 29.7 Å². The summed E-state index contributed by atoms with van der Waals surface area (Å²) >= 11 is 1.42. The predicted octanol–water partition coefficient (Wildman–Crippen LogP) is 4.83. The molecule has 1 saturated heterocycles. The molecule has 0 radical (unpaired) electrons. The molecule has 7 heteroatoms. The summed E-state index contributed by atoms with van der Waals surface area (Å²) in [6.45, 7) is 2.97. The van der Waals surface area contributed by atoms with Crippen LogP contribution < -0.4 is 5.32 Å². The Hall–Kier alpha value is -3.55. The van der Waals surface area contributed by atoms with Crippen molar-refractivity contribution in [3.8, 4) is 0 Å². The summed E-state index contributed by atoms with van der Waals surface area (Å²) in [4.78, 5) is 26.2. The lowest BCUT2D eigenvalue weighted by Gasteiger charge is -2.39. The molecular weight excluding hydrogens is 430 g/mol. The van der Waals surface area contributed by atoms with Gasteiger partial charge in [-0.1, -0.05) is 66.7 Å². The van der Waals surface area contributed by atoms with Gasteiger partial charge in [0.05, 0.1) is 6.04 Å². The fraction of sp³-hybridized carbons (Fsp3) is 0.192. The molecule has 0 spiro atoms. The number of amides is 1. The Balaban J connectivity index is 1.26. The van der Waals surface area contributed by atoms with E-state index in [1.807, 2.05) is 40.6 Å². The maximum Gasteiger partial charge on any atom is 0.273 e. The number of pyridine rings is 1. The second kappa shape index (κ2) is 9.94. The molecule has 0 unspecified atom stereocenters. The molecule has 5 rings (SSSR count). The number of benzene rings is 2. The van der Waals surface area contributed by atoms with Gasteiger partial charge in [0, 0.05) is 37.8 Å². The first-order valence-corrected chi connectivity index (χ1v) is 11.9. The Labute approximate surface area is 197 Å². The van der Waals surface area contributed by atoms with Crippen molar-refractivity contribution in [2.24, 2.45) is 0 Å². The fourth-order valence-electron chi connectivity index (χ4n) is 4.21. The maximum absolute atomic E-state index is 13.1. The van der Waals surface area contributed by atoms with Crippen molar-refractivity contribution in [3.05, 3.63) is 107 Å². The van der Waals surface area contributed by atoms with E-state index < -0.39 is 0 Å². The van der Waals surface area contributed by atoms with E-state index in [1.165, 1.54) is 22.5 Å². The van der Waals surface area contributed by atoms with Gasteiger partial charge >= 0.3 is 0 Å². The number of hydrogen-bond acceptors (Lipinski definition) is 6. The molecule has 0 atom stereocenters. The Kier molecular flexibility index (Phi) is 6.41. The Bertz CT molecular complexity index is 1140. The topological polar surface area (TPSA) is 61.4 Å². The van der Waals surface area contributed by atoms with Crippen molar-refractivity contribution in [1.29, 1.82) is 0 Å². The van der Waals surface area contributed by atoms with Crippen LogP contribution in [0, 0.1) is 0 Å². The summed E-state index contributed by atoms with van der Waals surface area (Å²) < 4.78 is 0. The van der Waals surface area contributed by atoms with Crippen LogP contribution in [-0.2, 0) is 0 Å². The predicted molar refractivity (Wildman–Crippen MR) is 132 cm³/mol. The van der Waals surface area contributed by atoms with Gasteiger partial charge in [-0.25, -0.2) is 9.97 Å². The number of anilines is 2. The number of hydrogen-bond donors (Lipinski definition) is 1. The van der Waals surface area contributed by atoms with E-state index >= 15 is 0 Å². The fourth-order valence-corrected chi connectivity index (χ4v) is 4.90. The lowest BCUT2D eigenvalue weighted by Crippen LogP contribution is -2.50. The minimum Gasteiger partial charge on any atom is -0.335 e. The molecule has 1 N–H and O–H groups in total. The van der Waals surface area contributed by atoms with Crippen LogP contribution in [0.5, 0.6) is 0 Å². The van der Waals surface area contributed by atoms with Crippen LogP contribution in [0.3, 0.4) is 0 Å². The second-order valence-corrected chi connectivity index (χ2v) is 8.79. The molecule has 33 heavy (non-hydrogen) atoms. The highest BCUT2D eigenvalue weighted by Gasteiger charge is 2.29. The molecule has 3 heterocycles. The van der Waals surface area contributed by atoms with Crippen molar-refractivity contribution in [1.82, 2.24) is 19.8 Å². The summed E-state index contributed by atoms with van der Waals surface area (Å²) in [6, 6.07) is 27.0. The third-order valence-electron chi connectivity index (χ3n) is 5.82. The molecule has 1 aliphatic rings. The van der Waals surface area contributed by atoms with Gasteiger partial charge in [0.15, 0.2) is 5.13 Å². The van der Waals surface area contributed by atoms with Crippen molar-refractivity contribution in [2.75, 3.05) is 31.5 Å². The molecule has 0 saturated carbocycles. The number of carbonyl (C=O) groups is 1. The molecule has 166 valence electrons. The van der Waals surface area contributed by atoms with Gasteiger partial charge in [-0.3, -0.25) is 9.69 Å². The van der Waals surface area contributed by atoms with Crippen molar-refractivity contribution >= 4 is 28.2 Å². The van der Waals surface area contributed by atoms with E-state index in [1.54, 1.807) is 6.20 Å². The van der Waals surface area contributed by atoms with Crippen molar-refractivity contribution in [2.45, 2.75) is 6.04 Å². The first-order chi connectivity index (χ1) is 16.3. The highest BCUT2D eigenvalue weighted by Crippen LogP contribution is 2.30. The first-order valence-electron chi connectivity index (χ1n) is 11.0. The molecule has 0 bridgehead atoms. The Morgan fingerprint density at radius 3 is 2.09 bits per heavy atom. The lowest BCUT2D eigenvalue weighted by molar-refractivity contribution is 0.0592. The number of carbonyl (C=O) groups excluding carboxylic acids is 1. The third-order valence-corrected chi connectivity index (χ3v) is 6.58. The number of aromatic nitrogens is 2. The van der Waals surface area contributed by atoms with Crippen LogP contribution in [0.2, 0.25) is 0 Å². The van der Waals surface area contributed by atoms with E-state index in [2.05, 4.69) is 68.7 Å². The molecule has 0 aliphatic carbocycles. The van der Waals surface area contributed by atoms with Gasteiger partial charge in [0.1, 0.15) is 11.5 Å². The number of thiazole rings is 1. The minimum absolute atomic E-state index is 0.0176. The van der Waals surface area contributed by atoms with Gasteiger partial charge in [-0.15, -0.1) is 11.3 Å². The molecule has 1 aliphatic heterocycles. The van der Waals surface area contributed by atoms with E-state index in [9.17, 15) is 4.79 Å². The van der Waals surface area contributed by atoms with Gasteiger partial charge in [-0.2, -0.15) is 0 Å². The summed E-state index contributed by atoms with van der Waals surface area (Å²) in [5.41, 5.74) is 3.02. The number of nitrogens with zero attached hydrogens (tertiary/aromatic N) is 4. The van der Waals surface area contributed by atoms with Gasteiger partial charge in [0.25, 0.3) is 5.91 Å². The van der Waals surface area contributed by atoms with E-state index in [-0.39, 0.29) is 11.9 Å². The molecule has 1 amide bonds. The molecule has 2 aromatic heterocycles. The SMILES string of the molecule is O=C(c1csc(Nc2ccccn2)n1)N1CCN(C(c2ccccc2)c2ccccc2)CC1. The number of piperazine rings is 1.